The molecule has 2 nitrogen and oxygen atoms in total. The van der Waals surface area contributed by atoms with Crippen LogP contribution in [0.25, 0.3) is 0 Å². The monoisotopic (exact) mass is 238 g/mol. The summed E-state index contributed by atoms with van der Waals surface area (Å²) in [5.41, 5.74) is -0.719. The minimum atomic E-state index is -0.719. The molecule has 0 aromatic carbocycles. The molecule has 1 saturated carbocycles. The highest BCUT2D eigenvalue weighted by molar-refractivity contribution is 5.78. The van der Waals surface area contributed by atoms with Gasteiger partial charge in [0.05, 0.1) is 5.60 Å². The lowest BCUT2D eigenvalue weighted by Gasteiger charge is -2.37. The molecule has 1 aliphatic carbocycles. The second-order valence-electron chi connectivity index (χ2n) is 5.32. The van der Waals surface area contributed by atoms with Crippen molar-refractivity contribution in [2.24, 2.45) is 5.92 Å². The molecule has 17 heavy (non-hydrogen) atoms. The van der Waals surface area contributed by atoms with E-state index in [9.17, 15) is 9.90 Å². The van der Waals surface area contributed by atoms with Crippen LogP contribution in [0.5, 0.6) is 0 Å². The van der Waals surface area contributed by atoms with Crippen molar-refractivity contribution in [3.63, 3.8) is 0 Å². The highest BCUT2D eigenvalue weighted by Gasteiger charge is 2.35. The normalized spacial score (nSPS) is 28.9. The Kier molecular flexibility index (Phi) is 5.90. The molecule has 0 unspecified atom stereocenters. The third kappa shape index (κ3) is 4.27. The van der Waals surface area contributed by atoms with Crippen molar-refractivity contribution in [2.45, 2.75) is 70.3 Å². The summed E-state index contributed by atoms with van der Waals surface area (Å²) < 4.78 is 0. The summed E-state index contributed by atoms with van der Waals surface area (Å²) >= 11 is 0. The Labute approximate surface area is 105 Å². The minimum absolute atomic E-state index is 0.235. The van der Waals surface area contributed by atoms with Gasteiger partial charge in [-0.25, -0.2) is 0 Å². The van der Waals surface area contributed by atoms with Crippen LogP contribution in [0.15, 0.2) is 12.7 Å². The summed E-state index contributed by atoms with van der Waals surface area (Å²) in [5.74, 6) is 0.586. The smallest absolute Gasteiger partial charge is 0.132 e. The highest BCUT2D eigenvalue weighted by Crippen LogP contribution is 2.37. The van der Waals surface area contributed by atoms with E-state index in [1.54, 1.807) is 6.08 Å². The van der Waals surface area contributed by atoms with E-state index in [0.717, 1.165) is 38.5 Å². The first kappa shape index (κ1) is 14.4. The van der Waals surface area contributed by atoms with Crippen molar-refractivity contribution in [1.82, 2.24) is 0 Å². The number of hydrogen-bond donors (Lipinski definition) is 1. The van der Waals surface area contributed by atoms with Gasteiger partial charge in [-0.05, 0) is 31.6 Å². The molecule has 0 spiro atoms. The Morgan fingerprint density at radius 1 is 1.47 bits per heavy atom. The summed E-state index contributed by atoms with van der Waals surface area (Å²) in [6.45, 7) is 5.85. The van der Waals surface area contributed by atoms with Gasteiger partial charge in [0, 0.05) is 12.8 Å². The molecule has 0 aromatic heterocycles. The molecule has 1 rings (SSSR count). The van der Waals surface area contributed by atoms with Crippen molar-refractivity contribution in [1.29, 1.82) is 0 Å². The number of aliphatic hydroxyl groups is 1. The van der Waals surface area contributed by atoms with Gasteiger partial charge in [0.25, 0.3) is 0 Å². The number of ketones is 1. The number of carbonyl (C=O) groups is 1. The van der Waals surface area contributed by atoms with E-state index in [4.69, 9.17) is 0 Å². The van der Waals surface area contributed by atoms with Crippen LogP contribution >= 0.6 is 0 Å². The van der Waals surface area contributed by atoms with E-state index in [-0.39, 0.29) is 5.92 Å². The zero-order valence-electron chi connectivity index (χ0n) is 11.1. The Morgan fingerprint density at radius 2 is 2.24 bits per heavy atom. The quantitative estimate of drug-likeness (QED) is 0.688. The van der Waals surface area contributed by atoms with Gasteiger partial charge in [-0.15, -0.1) is 6.58 Å². The van der Waals surface area contributed by atoms with Gasteiger partial charge in [-0.3, -0.25) is 4.79 Å². The molecular formula is C15H26O2. The molecule has 2 atom stereocenters. The van der Waals surface area contributed by atoms with Gasteiger partial charge >= 0.3 is 0 Å². The van der Waals surface area contributed by atoms with Crippen molar-refractivity contribution >= 4 is 5.78 Å². The number of carbonyl (C=O) groups excluding carboxylic acids is 1. The van der Waals surface area contributed by atoms with Crippen molar-refractivity contribution in [2.75, 3.05) is 0 Å². The number of rotatable bonds is 7. The second-order valence-corrected chi connectivity index (χ2v) is 5.32. The summed E-state index contributed by atoms with van der Waals surface area (Å²) in [6.07, 6.45) is 10.00. The van der Waals surface area contributed by atoms with E-state index in [1.165, 1.54) is 6.42 Å². The van der Waals surface area contributed by atoms with Crippen LogP contribution in [0, 0.1) is 5.92 Å². The highest BCUT2D eigenvalue weighted by atomic mass is 16.3. The molecule has 0 radical (unpaired) electrons. The Morgan fingerprint density at radius 3 is 2.88 bits per heavy atom. The average molecular weight is 238 g/mol. The molecule has 0 bridgehead atoms. The molecule has 2 heteroatoms. The van der Waals surface area contributed by atoms with Crippen molar-refractivity contribution in [3.05, 3.63) is 12.7 Å². The van der Waals surface area contributed by atoms with E-state index < -0.39 is 5.60 Å². The first-order chi connectivity index (χ1) is 8.12. The van der Waals surface area contributed by atoms with Gasteiger partial charge in [0.2, 0.25) is 0 Å². The lowest BCUT2D eigenvalue weighted by Crippen LogP contribution is -2.38. The molecule has 98 valence electrons. The summed E-state index contributed by atoms with van der Waals surface area (Å²) in [6, 6.07) is 0. The third-order valence-corrected chi connectivity index (χ3v) is 4.02. The van der Waals surface area contributed by atoms with Gasteiger partial charge in [0.1, 0.15) is 5.78 Å². The molecule has 1 fully saturated rings. The topological polar surface area (TPSA) is 37.3 Å². The van der Waals surface area contributed by atoms with Crippen LogP contribution in [0.3, 0.4) is 0 Å². The maximum atomic E-state index is 11.6. The molecule has 0 aromatic rings. The van der Waals surface area contributed by atoms with Crippen LogP contribution in [-0.2, 0) is 4.79 Å². The fourth-order valence-electron chi connectivity index (χ4n) is 2.75. The summed E-state index contributed by atoms with van der Waals surface area (Å²) in [4.78, 5) is 11.6. The Balaban J connectivity index is 2.38. The van der Waals surface area contributed by atoms with Gasteiger partial charge in [0.15, 0.2) is 0 Å². The van der Waals surface area contributed by atoms with Crippen LogP contribution < -0.4 is 0 Å². The largest absolute Gasteiger partial charge is 0.386 e. The fourth-order valence-corrected chi connectivity index (χ4v) is 2.75. The predicted molar refractivity (Wildman–Crippen MR) is 70.9 cm³/mol. The Bertz CT molecular complexity index is 260. The first-order valence-electron chi connectivity index (χ1n) is 7.00. The lowest BCUT2D eigenvalue weighted by atomic mass is 9.73. The first-order valence-corrected chi connectivity index (χ1v) is 7.00. The maximum Gasteiger partial charge on any atom is 0.132 e. The Hall–Kier alpha value is -0.630. The van der Waals surface area contributed by atoms with Gasteiger partial charge < -0.3 is 5.11 Å². The lowest BCUT2D eigenvalue weighted by molar-refractivity contribution is -0.120. The van der Waals surface area contributed by atoms with Gasteiger partial charge in [-0.1, -0.05) is 32.3 Å². The minimum Gasteiger partial charge on any atom is -0.386 e. The van der Waals surface area contributed by atoms with Crippen LogP contribution in [0.4, 0.5) is 0 Å². The van der Waals surface area contributed by atoms with Crippen LogP contribution in [0.1, 0.15) is 64.7 Å². The van der Waals surface area contributed by atoms with E-state index in [0.29, 0.717) is 18.6 Å². The van der Waals surface area contributed by atoms with Crippen molar-refractivity contribution < 1.29 is 9.90 Å². The SMILES string of the molecule is C=C[C@@]1(O)CCCC[C@@H]1CCC(=O)CCCC. The predicted octanol–water partition coefficient (Wildman–Crippen LogP) is 3.63. The zero-order valence-corrected chi connectivity index (χ0v) is 11.1. The molecule has 0 saturated heterocycles. The maximum absolute atomic E-state index is 11.6. The molecular weight excluding hydrogens is 212 g/mol. The summed E-state index contributed by atoms with van der Waals surface area (Å²) in [7, 11) is 0. The van der Waals surface area contributed by atoms with E-state index in [2.05, 4.69) is 13.5 Å². The van der Waals surface area contributed by atoms with Crippen molar-refractivity contribution in [3.8, 4) is 0 Å². The average Bonchev–Trinajstić information content (AvgIpc) is 2.35. The molecule has 1 N–H and O–H groups in total. The zero-order chi connectivity index (χ0) is 12.7. The van der Waals surface area contributed by atoms with E-state index >= 15 is 0 Å². The number of unbranched alkanes of at least 4 members (excludes halogenated alkanes) is 1. The summed E-state index contributed by atoms with van der Waals surface area (Å²) in [5, 5.41) is 10.4. The van der Waals surface area contributed by atoms with E-state index in [1.807, 2.05) is 0 Å². The second kappa shape index (κ2) is 6.95. The molecule has 0 heterocycles. The van der Waals surface area contributed by atoms with Crippen LogP contribution in [0.2, 0.25) is 0 Å². The molecule has 0 amide bonds. The molecule has 0 aliphatic heterocycles. The molecule has 1 aliphatic rings. The number of Topliss-reactive ketones (excluding diaryl/α,β-unsaturated/α-hetero) is 1. The standard InChI is InChI=1S/C15H26O2/c1-3-5-9-14(16)11-10-13-8-6-7-12-15(13,17)4-2/h4,13,17H,2-3,5-12H2,1H3/t13-,15-/m1/s1. The fraction of sp³-hybridized carbons (Fsp3) is 0.800. The number of hydrogen-bond acceptors (Lipinski definition) is 2. The van der Waals surface area contributed by atoms with Crippen LogP contribution in [-0.4, -0.2) is 16.5 Å². The third-order valence-electron chi connectivity index (χ3n) is 4.02. The van der Waals surface area contributed by atoms with Gasteiger partial charge in [-0.2, -0.15) is 0 Å².